The number of methoxy groups -OCH3 is 3. The second kappa shape index (κ2) is 10.4. The SMILES string of the molecule is COc1ccc(Br)cc1/C=C(\C#N)C(=O)NCCc1ccc(OC)c(OC)c1. The molecule has 2 aromatic rings. The highest BCUT2D eigenvalue weighted by atomic mass is 79.9. The van der Waals surface area contributed by atoms with Gasteiger partial charge < -0.3 is 19.5 Å². The fourth-order valence-electron chi connectivity index (χ4n) is 2.57. The lowest BCUT2D eigenvalue weighted by atomic mass is 10.1. The van der Waals surface area contributed by atoms with E-state index in [1.807, 2.05) is 30.3 Å². The third-order valence-electron chi connectivity index (χ3n) is 4.00. The van der Waals surface area contributed by atoms with Crippen molar-refractivity contribution in [2.45, 2.75) is 6.42 Å². The van der Waals surface area contributed by atoms with E-state index in [1.54, 1.807) is 26.4 Å². The van der Waals surface area contributed by atoms with E-state index >= 15 is 0 Å². The van der Waals surface area contributed by atoms with E-state index in [-0.39, 0.29) is 5.57 Å². The van der Waals surface area contributed by atoms with E-state index in [4.69, 9.17) is 14.2 Å². The first-order valence-electron chi connectivity index (χ1n) is 8.46. The van der Waals surface area contributed by atoms with Gasteiger partial charge in [0.1, 0.15) is 17.4 Å². The highest BCUT2D eigenvalue weighted by Gasteiger charge is 2.11. The van der Waals surface area contributed by atoms with Crippen molar-refractivity contribution in [3.05, 3.63) is 57.6 Å². The number of hydrogen-bond acceptors (Lipinski definition) is 5. The summed E-state index contributed by atoms with van der Waals surface area (Å²) in [4.78, 5) is 12.4. The van der Waals surface area contributed by atoms with E-state index in [2.05, 4.69) is 21.2 Å². The summed E-state index contributed by atoms with van der Waals surface area (Å²) in [5.41, 5.74) is 1.63. The number of rotatable bonds is 8. The third kappa shape index (κ3) is 5.51. The number of ether oxygens (including phenoxy) is 3. The number of carbonyl (C=O) groups excluding carboxylic acids is 1. The Labute approximate surface area is 172 Å². The smallest absolute Gasteiger partial charge is 0.261 e. The molecule has 0 bridgehead atoms. The topological polar surface area (TPSA) is 80.6 Å². The lowest BCUT2D eigenvalue weighted by molar-refractivity contribution is -0.117. The van der Waals surface area contributed by atoms with Crippen LogP contribution in [0, 0.1) is 11.3 Å². The fraction of sp³-hybridized carbons (Fsp3) is 0.238. The Morgan fingerprint density at radius 3 is 2.39 bits per heavy atom. The van der Waals surface area contributed by atoms with Gasteiger partial charge in [-0.25, -0.2) is 0 Å². The maximum absolute atomic E-state index is 12.4. The first kappa shape index (κ1) is 21.3. The average molecular weight is 445 g/mol. The van der Waals surface area contributed by atoms with Crippen LogP contribution in [0.2, 0.25) is 0 Å². The Morgan fingerprint density at radius 1 is 1.07 bits per heavy atom. The maximum atomic E-state index is 12.4. The van der Waals surface area contributed by atoms with Crippen LogP contribution in [0.4, 0.5) is 0 Å². The largest absolute Gasteiger partial charge is 0.496 e. The molecule has 0 aromatic heterocycles. The molecular weight excluding hydrogens is 424 g/mol. The van der Waals surface area contributed by atoms with Crippen LogP contribution in [0.25, 0.3) is 6.08 Å². The van der Waals surface area contributed by atoms with Crippen LogP contribution in [0.3, 0.4) is 0 Å². The standard InChI is InChI=1S/C21H21BrN2O4/c1-26-18-7-5-17(22)12-15(18)11-16(13-23)21(25)24-9-8-14-4-6-19(27-2)20(10-14)28-3/h4-7,10-12H,8-9H2,1-3H3,(H,24,25)/b16-11+. The number of nitriles is 1. The molecule has 28 heavy (non-hydrogen) atoms. The van der Waals surface area contributed by atoms with Gasteiger partial charge in [0.25, 0.3) is 5.91 Å². The molecule has 0 fully saturated rings. The summed E-state index contributed by atoms with van der Waals surface area (Å²) in [6, 6.07) is 12.9. The summed E-state index contributed by atoms with van der Waals surface area (Å²) in [6.07, 6.45) is 2.10. The molecule has 1 amide bonds. The second-order valence-electron chi connectivity index (χ2n) is 5.75. The molecule has 0 heterocycles. The molecule has 0 atom stereocenters. The number of amides is 1. The third-order valence-corrected chi connectivity index (χ3v) is 4.50. The highest BCUT2D eigenvalue weighted by molar-refractivity contribution is 9.10. The average Bonchev–Trinajstić information content (AvgIpc) is 2.71. The Balaban J connectivity index is 2.05. The van der Waals surface area contributed by atoms with Crippen molar-refractivity contribution in [3.8, 4) is 23.3 Å². The van der Waals surface area contributed by atoms with Gasteiger partial charge in [-0.05, 0) is 48.4 Å². The van der Waals surface area contributed by atoms with E-state index in [1.165, 1.54) is 13.2 Å². The number of nitrogens with zero attached hydrogens (tertiary/aromatic N) is 1. The molecule has 0 aliphatic heterocycles. The summed E-state index contributed by atoms with van der Waals surface area (Å²) in [5, 5.41) is 12.1. The zero-order valence-corrected chi connectivity index (χ0v) is 17.5. The van der Waals surface area contributed by atoms with Crippen LogP contribution in [0.5, 0.6) is 17.2 Å². The predicted molar refractivity (Wildman–Crippen MR) is 111 cm³/mol. The molecule has 6 nitrogen and oxygen atoms in total. The van der Waals surface area contributed by atoms with E-state index in [9.17, 15) is 10.1 Å². The fourth-order valence-corrected chi connectivity index (χ4v) is 2.95. The minimum Gasteiger partial charge on any atom is -0.496 e. The van der Waals surface area contributed by atoms with Crippen LogP contribution in [0.1, 0.15) is 11.1 Å². The summed E-state index contributed by atoms with van der Waals surface area (Å²) in [6.45, 7) is 0.378. The van der Waals surface area contributed by atoms with Gasteiger partial charge >= 0.3 is 0 Å². The monoisotopic (exact) mass is 444 g/mol. The van der Waals surface area contributed by atoms with Gasteiger partial charge in [-0.2, -0.15) is 5.26 Å². The van der Waals surface area contributed by atoms with E-state index < -0.39 is 5.91 Å². The van der Waals surface area contributed by atoms with Gasteiger partial charge in [0, 0.05) is 16.6 Å². The number of nitrogens with one attached hydrogen (secondary N) is 1. The number of carbonyl (C=O) groups is 1. The van der Waals surface area contributed by atoms with Crippen LogP contribution in [0.15, 0.2) is 46.4 Å². The van der Waals surface area contributed by atoms with E-state index in [0.29, 0.717) is 35.8 Å². The number of benzene rings is 2. The van der Waals surface area contributed by atoms with Crippen molar-refractivity contribution in [2.75, 3.05) is 27.9 Å². The molecule has 0 saturated heterocycles. The maximum Gasteiger partial charge on any atom is 0.261 e. The van der Waals surface area contributed by atoms with Crippen LogP contribution >= 0.6 is 15.9 Å². The molecule has 2 rings (SSSR count). The van der Waals surface area contributed by atoms with Gasteiger partial charge in [0.15, 0.2) is 11.5 Å². The van der Waals surface area contributed by atoms with Gasteiger partial charge in [0.2, 0.25) is 0 Å². The minimum atomic E-state index is -0.440. The molecule has 0 saturated carbocycles. The lowest BCUT2D eigenvalue weighted by Gasteiger charge is -2.10. The Hall–Kier alpha value is -2.98. The predicted octanol–water partition coefficient (Wildman–Crippen LogP) is 3.74. The van der Waals surface area contributed by atoms with Gasteiger partial charge in [0.05, 0.1) is 21.3 Å². The van der Waals surface area contributed by atoms with Crippen LogP contribution in [-0.4, -0.2) is 33.8 Å². The van der Waals surface area contributed by atoms with Crippen LogP contribution in [-0.2, 0) is 11.2 Å². The second-order valence-corrected chi connectivity index (χ2v) is 6.67. The Bertz CT molecular complexity index is 919. The number of halogens is 1. The van der Waals surface area contributed by atoms with Crippen LogP contribution < -0.4 is 19.5 Å². The number of hydrogen-bond donors (Lipinski definition) is 1. The van der Waals surface area contributed by atoms with Crippen molar-refractivity contribution in [1.29, 1.82) is 5.26 Å². The molecule has 0 aliphatic rings. The zero-order valence-electron chi connectivity index (χ0n) is 15.9. The van der Waals surface area contributed by atoms with Crippen molar-refractivity contribution in [1.82, 2.24) is 5.32 Å². The highest BCUT2D eigenvalue weighted by Crippen LogP contribution is 2.28. The van der Waals surface area contributed by atoms with Crippen molar-refractivity contribution in [3.63, 3.8) is 0 Å². The molecule has 0 radical (unpaired) electrons. The molecule has 7 heteroatoms. The Kier molecular flexibility index (Phi) is 7.90. The molecule has 1 N–H and O–H groups in total. The molecule has 0 spiro atoms. The van der Waals surface area contributed by atoms with Crippen molar-refractivity contribution in [2.24, 2.45) is 0 Å². The molecule has 2 aromatic carbocycles. The molecule has 146 valence electrons. The molecular formula is C21H21BrN2O4. The summed E-state index contributed by atoms with van der Waals surface area (Å²) < 4.78 is 16.6. The normalized spacial score (nSPS) is 10.8. The molecule has 0 aliphatic carbocycles. The van der Waals surface area contributed by atoms with Crippen molar-refractivity contribution >= 4 is 27.9 Å². The van der Waals surface area contributed by atoms with Gasteiger partial charge in [-0.3, -0.25) is 4.79 Å². The Morgan fingerprint density at radius 2 is 1.75 bits per heavy atom. The first-order valence-corrected chi connectivity index (χ1v) is 9.26. The molecule has 0 unspecified atom stereocenters. The summed E-state index contributed by atoms with van der Waals surface area (Å²) >= 11 is 3.38. The van der Waals surface area contributed by atoms with Crippen molar-refractivity contribution < 1.29 is 19.0 Å². The van der Waals surface area contributed by atoms with E-state index in [0.717, 1.165) is 10.0 Å². The summed E-state index contributed by atoms with van der Waals surface area (Å²) in [7, 11) is 4.69. The minimum absolute atomic E-state index is 0.00344. The van der Waals surface area contributed by atoms with Gasteiger partial charge in [-0.15, -0.1) is 0 Å². The quantitative estimate of drug-likeness (QED) is 0.495. The first-order chi connectivity index (χ1) is 13.5. The summed E-state index contributed by atoms with van der Waals surface area (Å²) in [5.74, 6) is 1.41. The zero-order chi connectivity index (χ0) is 20.5. The van der Waals surface area contributed by atoms with Gasteiger partial charge in [-0.1, -0.05) is 22.0 Å². The lowest BCUT2D eigenvalue weighted by Crippen LogP contribution is -2.26.